The van der Waals surface area contributed by atoms with E-state index >= 15 is 0 Å². The summed E-state index contributed by atoms with van der Waals surface area (Å²) in [6.45, 7) is 5.90. The summed E-state index contributed by atoms with van der Waals surface area (Å²) in [7, 11) is 0. The van der Waals surface area contributed by atoms with Crippen molar-refractivity contribution in [1.29, 1.82) is 0 Å². The maximum atomic E-state index is 13.4. The summed E-state index contributed by atoms with van der Waals surface area (Å²) in [4.78, 5) is 39.0. The van der Waals surface area contributed by atoms with Crippen LogP contribution < -0.4 is 16.6 Å². The van der Waals surface area contributed by atoms with E-state index in [1.165, 1.54) is 15.9 Å². The second kappa shape index (κ2) is 10.5. The van der Waals surface area contributed by atoms with Crippen molar-refractivity contribution in [2.45, 2.75) is 59.0 Å². The molecule has 3 aromatic rings. The van der Waals surface area contributed by atoms with Crippen LogP contribution in [0, 0.1) is 17.8 Å². The number of carbonyl (C=O) groups excluding carboxylic acids is 1. The van der Waals surface area contributed by atoms with Crippen molar-refractivity contribution in [3.63, 3.8) is 0 Å². The fourth-order valence-electron chi connectivity index (χ4n) is 4.71. The van der Waals surface area contributed by atoms with E-state index < -0.39 is 0 Å². The first-order valence-corrected chi connectivity index (χ1v) is 12.8. The van der Waals surface area contributed by atoms with E-state index in [0.29, 0.717) is 29.2 Å². The molecule has 176 valence electrons. The summed E-state index contributed by atoms with van der Waals surface area (Å²) in [5.74, 6) is 1.000. The van der Waals surface area contributed by atoms with Crippen molar-refractivity contribution in [2.75, 3.05) is 6.54 Å². The number of thiophene rings is 1. The van der Waals surface area contributed by atoms with Gasteiger partial charge in [-0.05, 0) is 60.9 Å². The molecule has 1 amide bonds. The summed E-state index contributed by atoms with van der Waals surface area (Å²) in [6, 6.07) is 11.7. The van der Waals surface area contributed by atoms with Crippen molar-refractivity contribution in [3.8, 4) is 0 Å². The van der Waals surface area contributed by atoms with E-state index in [1.807, 2.05) is 41.8 Å². The second-order valence-electron chi connectivity index (χ2n) is 9.60. The number of hydrogen-bond donors (Lipinski definition) is 1. The van der Waals surface area contributed by atoms with Crippen LogP contribution in [-0.2, 0) is 17.9 Å². The predicted octanol–water partition coefficient (Wildman–Crippen LogP) is 4.24. The van der Waals surface area contributed by atoms with Gasteiger partial charge in [0.25, 0.3) is 5.56 Å². The lowest BCUT2D eigenvalue weighted by atomic mass is 9.81. The molecule has 0 unspecified atom stereocenters. The maximum Gasteiger partial charge on any atom is 0.331 e. The molecule has 0 spiro atoms. The fourth-order valence-corrected chi connectivity index (χ4v) is 5.55. The number of carbonyl (C=O) groups is 1. The third kappa shape index (κ3) is 5.46. The molecule has 6 nitrogen and oxygen atoms in total. The molecule has 0 saturated heterocycles. The number of rotatable bonds is 8. The third-order valence-corrected chi connectivity index (χ3v) is 7.59. The van der Waals surface area contributed by atoms with Gasteiger partial charge in [0.2, 0.25) is 5.91 Å². The Morgan fingerprint density at radius 2 is 1.79 bits per heavy atom. The first kappa shape index (κ1) is 23.5. The van der Waals surface area contributed by atoms with Crippen molar-refractivity contribution < 1.29 is 4.79 Å². The Balaban J connectivity index is 1.48. The quantitative estimate of drug-likeness (QED) is 0.539. The maximum absolute atomic E-state index is 13.4. The zero-order valence-electron chi connectivity index (χ0n) is 19.5. The molecule has 1 aliphatic rings. The molecule has 1 saturated carbocycles. The molecule has 0 atom stereocenters. The van der Waals surface area contributed by atoms with Gasteiger partial charge >= 0.3 is 5.69 Å². The minimum atomic E-state index is -0.247. The molecule has 0 aliphatic heterocycles. The topological polar surface area (TPSA) is 73.1 Å². The molecule has 33 heavy (non-hydrogen) atoms. The number of benzene rings is 1. The Morgan fingerprint density at radius 3 is 2.48 bits per heavy atom. The monoisotopic (exact) mass is 467 g/mol. The molecule has 1 fully saturated rings. The van der Waals surface area contributed by atoms with E-state index in [0.717, 1.165) is 44.2 Å². The molecule has 1 N–H and O–H groups in total. The lowest BCUT2D eigenvalue weighted by molar-refractivity contribution is -0.126. The van der Waals surface area contributed by atoms with Gasteiger partial charge in [0.05, 0.1) is 12.1 Å². The lowest BCUT2D eigenvalue weighted by Crippen LogP contribution is -2.42. The number of nitrogens with one attached hydrogen (secondary N) is 1. The Bertz CT molecular complexity index is 1200. The van der Waals surface area contributed by atoms with Crippen LogP contribution in [0.2, 0.25) is 0 Å². The summed E-state index contributed by atoms with van der Waals surface area (Å²) in [5, 5.41) is 4.94. The second-order valence-corrected chi connectivity index (χ2v) is 10.5. The molecular weight excluding hydrogens is 434 g/mol. The van der Waals surface area contributed by atoms with Crippen LogP contribution in [0.1, 0.15) is 51.5 Å². The van der Waals surface area contributed by atoms with Crippen LogP contribution in [-0.4, -0.2) is 21.6 Å². The molecule has 7 heteroatoms. The van der Waals surface area contributed by atoms with Gasteiger partial charge < -0.3 is 5.32 Å². The Hall–Kier alpha value is -2.67. The number of aromatic nitrogens is 2. The van der Waals surface area contributed by atoms with Gasteiger partial charge in [-0.25, -0.2) is 4.79 Å². The Labute approximate surface area is 198 Å². The number of hydrogen-bond acceptors (Lipinski definition) is 4. The zero-order chi connectivity index (χ0) is 23.4. The highest BCUT2D eigenvalue weighted by molar-refractivity contribution is 7.17. The van der Waals surface area contributed by atoms with Crippen LogP contribution in [0.25, 0.3) is 10.2 Å². The van der Waals surface area contributed by atoms with Gasteiger partial charge in [-0.15, -0.1) is 11.3 Å². The van der Waals surface area contributed by atoms with Crippen LogP contribution in [0.3, 0.4) is 0 Å². The van der Waals surface area contributed by atoms with E-state index in [1.54, 1.807) is 4.57 Å². The van der Waals surface area contributed by atoms with Crippen molar-refractivity contribution >= 4 is 27.5 Å². The van der Waals surface area contributed by atoms with Gasteiger partial charge in [-0.2, -0.15) is 0 Å². The van der Waals surface area contributed by atoms with Crippen molar-refractivity contribution in [2.24, 2.45) is 17.8 Å². The predicted molar refractivity (Wildman–Crippen MR) is 134 cm³/mol. The molecule has 1 aliphatic carbocycles. The summed E-state index contributed by atoms with van der Waals surface area (Å²) >= 11 is 1.39. The summed E-state index contributed by atoms with van der Waals surface area (Å²) < 4.78 is 3.77. The molecule has 1 aromatic carbocycles. The minimum absolute atomic E-state index is 0.0413. The molecule has 0 bridgehead atoms. The highest BCUT2D eigenvalue weighted by Crippen LogP contribution is 2.30. The van der Waals surface area contributed by atoms with Gasteiger partial charge in [0.15, 0.2) is 0 Å². The SMILES string of the molecule is CC(C)CCNC(=O)C1CCC(Cn2c(=O)c3sccc3n(Cc3ccccc3)c2=O)CC1. The molecular formula is C26H33N3O3S. The molecule has 4 rings (SSSR count). The average Bonchev–Trinajstić information content (AvgIpc) is 3.30. The largest absolute Gasteiger partial charge is 0.356 e. The lowest BCUT2D eigenvalue weighted by Gasteiger charge is -2.28. The molecule has 2 heterocycles. The van der Waals surface area contributed by atoms with Gasteiger partial charge in [0.1, 0.15) is 4.70 Å². The van der Waals surface area contributed by atoms with Crippen LogP contribution in [0.15, 0.2) is 51.4 Å². The Kier molecular flexibility index (Phi) is 7.48. The average molecular weight is 468 g/mol. The Morgan fingerprint density at radius 1 is 1.06 bits per heavy atom. The van der Waals surface area contributed by atoms with Crippen LogP contribution in [0.5, 0.6) is 0 Å². The van der Waals surface area contributed by atoms with Crippen LogP contribution in [0.4, 0.5) is 0 Å². The minimum Gasteiger partial charge on any atom is -0.356 e. The number of fused-ring (bicyclic) bond motifs is 1. The normalized spacial score (nSPS) is 18.6. The standard InChI is InChI=1S/C26H33N3O3S/c1-18(2)12-14-27-24(30)21-10-8-20(9-11-21)17-29-25(31)23-22(13-15-33-23)28(26(29)32)16-19-6-4-3-5-7-19/h3-7,13,15,18,20-21H,8-12,14,16-17H2,1-2H3,(H,27,30). The van der Waals surface area contributed by atoms with E-state index in [2.05, 4.69) is 19.2 Å². The highest BCUT2D eigenvalue weighted by Gasteiger charge is 2.27. The van der Waals surface area contributed by atoms with Gasteiger partial charge in [-0.1, -0.05) is 44.2 Å². The third-order valence-electron chi connectivity index (χ3n) is 6.70. The number of amides is 1. The van der Waals surface area contributed by atoms with E-state index in [9.17, 15) is 14.4 Å². The summed E-state index contributed by atoms with van der Waals surface area (Å²) in [5.41, 5.74) is 1.30. The van der Waals surface area contributed by atoms with Crippen LogP contribution >= 0.6 is 11.3 Å². The van der Waals surface area contributed by atoms with Crippen molar-refractivity contribution in [1.82, 2.24) is 14.5 Å². The van der Waals surface area contributed by atoms with Gasteiger partial charge in [0, 0.05) is 19.0 Å². The first-order chi connectivity index (χ1) is 15.9. The fraction of sp³-hybridized carbons (Fsp3) is 0.500. The molecule has 2 aromatic heterocycles. The van der Waals surface area contributed by atoms with E-state index in [-0.39, 0.29) is 29.0 Å². The van der Waals surface area contributed by atoms with Crippen molar-refractivity contribution in [3.05, 3.63) is 68.2 Å². The smallest absolute Gasteiger partial charge is 0.331 e. The number of nitrogens with zero attached hydrogens (tertiary/aromatic N) is 2. The van der Waals surface area contributed by atoms with Gasteiger partial charge in [-0.3, -0.25) is 18.7 Å². The molecule has 0 radical (unpaired) electrons. The zero-order valence-corrected chi connectivity index (χ0v) is 20.3. The highest BCUT2D eigenvalue weighted by atomic mass is 32.1. The first-order valence-electron chi connectivity index (χ1n) is 12.0. The summed E-state index contributed by atoms with van der Waals surface area (Å²) in [6.07, 6.45) is 4.33. The van der Waals surface area contributed by atoms with E-state index in [4.69, 9.17) is 0 Å².